The van der Waals surface area contributed by atoms with Gasteiger partial charge in [0.25, 0.3) is 0 Å². The quantitative estimate of drug-likeness (QED) is 0.200. The van der Waals surface area contributed by atoms with E-state index in [-0.39, 0.29) is 29.9 Å². The van der Waals surface area contributed by atoms with E-state index in [2.05, 4.69) is 15.2 Å². The Morgan fingerprint density at radius 2 is 1.64 bits per heavy atom. The minimum absolute atomic E-state index is 0.0176. The molecule has 1 unspecified atom stereocenters. The Labute approximate surface area is 260 Å². The van der Waals surface area contributed by atoms with Gasteiger partial charge >= 0.3 is 18.2 Å². The molecule has 0 radical (unpaired) electrons. The number of halogens is 3. The van der Waals surface area contributed by atoms with Crippen LogP contribution in [0.3, 0.4) is 0 Å². The van der Waals surface area contributed by atoms with E-state index >= 15 is 0 Å². The molecule has 232 valence electrons. The fraction of sp³-hybridized carbons (Fsp3) is 0.593. The van der Waals surface area contributed by atoms with Gasteiger partial charge < -0.3 is 24.0 Å². The molecule has 15 heteroatoms. The molecule has 0 bridgehead atoms. The number of hydrogen-bond acceptors (Lipinski definition) is 10. The first-order valence-electron chi connectivity index (χ1n) is 13.4. The topological polar surface area (TPSA) is 128 Å². The predicted molar refractivity (Wildman–Crippen MR) is 159 cm³/mol. The van der Waals surface area contributed by atoms with Crippen LogP contribution in [-0.4, -0.2) is 88.7 Å². The molecule has 1 aliphatic rings. The number of rotatable bonds is 8. The van der Waals surface area contributed by atoms with Gasteiger partial charge in [-0.2, -0.15) is 0 Å². The van der Waals surface area contributed by atoms with E-state index in [0.717, 1.165) is 10.6 Å². The van der Waals surface area contributed by atoms with Gasteiger partial charge in [0.05, 0.1) is 7.11 Å². The summed E-state index contributed by atoms with van der Waals surface area (Å²) < 4.78 is 18.8. The molecule has 12 nitrogen and oxygen atoms in total. The summed E-state index contributed by atoms with van der Waals surface area (Å²) in [4.78, 5) is 43.4. The lowest BCUT2D eigenvalue weighted by Crippen LogP contribution is -2.50. The van der Waals surface area contributed by atoms with Gasteiger partial charge in [-0.1, -0.05) is 60.8 Å². The van der Waals surface area contributed by atoms with Crippen molar-refractivity contribution >= 4 is 64.5 Å². The van der Waals surface area contributed by atoms with Crippen molar-refractivity contribution in [3.63, 3.8) is 0 Å². The van der Waals surface area contributed by atoms with E-state index in [1.807, 2.05) is 46.8 Å². The zero-order valence-electron chi connectivity index (χ0n) is 24.4. The maximum absolute atomic E-state index is 13.3. The van der Waals surface area contributed by atoms with Gasteiger partial charge in [-0.25, -0.2) is 23.9 Å². The summed E-state index contributed by atoms with van der Waals surface area (Å²) in [6, 6.07) is 6.23. The monoisotopic (exact) mass is 647 g/mol. The number of alkyl halides is 3. The predicted octanol–water partition coefficient (Wildman–Crippen LogP) is 5.69. The van der Waals surface area contributed by atoms with E-state index in [0.29, 0.717) is 31.7 Å². The summed E-state index contributed by atoms with van der Waals surface area (Å²) in [5.41, 5.74) is 1.13. The minimum atomic E-state index is -1.88. The summed E-state index contributed by atoms with van der Waals surface area (Å²) in [7, 11) is 1.22. The van der Waals surface area contributed by atoms with Crippen LogP contribution in [-0.2, 0) is 19.0 Å². The van der Waals surface area contributed by atoms with Crippen molar-refractivity contribution < 1.29 is 33.2 Å². The highest BCUT2D eigenvalue weighted by Crippen LogP contribution is 2.33. The second-order valence-electron chi connectivity index (χ2n) is 11.1. The molecule has 1 saturated heterocycles. The molecule has 0 N–H and O–H groups in total. The molecule has 2 amide bonds. The molecule has 1 aliphatic heterocycles. The van der Waals surface area contributed by atoms with Crippen molar-refractivity contribution in [1.82, 2.24) is 15.2 Å². The Kier molecular flexibility index (Phi) is 11.2. The molecular weight excluding hydrogens is 613 g/mol. The Bertz CT molecular complexity index is 1220. The number of hydrogen-bond donors (Lipinski definition) is 0. The van der Waals surface area contributed by atoms with Gasteiger partial charge in [-0.3, -0.25) is 0 Å². The zero-order valence-corrected chi connectivity index (χ0v) is 26.7. The number of esters is 1. The van der Waals surface area contributed by atoms with Gasteiger partial charge in [0, 0.05) is 37.4 Å². The van der Waals surface area contributed by atoms with E-state index in [4.69, 9.17) is 53.6 Å². The molecule has 0 saturated carbocycles. The largest absolute Gasteiger partial charge is 0.467 e. The first-order valence-corrected chi connectivity index (χ1v) is 14.5. The van der Waals surface area contributed by atoms with Crippen molar-refractivity contribution in [1.29, 1.82) is 0 Å². The second-order valence-corrected chi connectivity index (χ2v) is 13.7. The van der Waals surface area contributed by atoms with E-state index < -0.39 is 34.1 Å². The van der Waals surface area contributed by atoms with Crippen LogP contribution in [0, 0.1) is 5.92 Å². The third-order valence-corrected chi connectivity index (χ3v) is 6.50. The fourth-order valence-electron chi connectivity index (χ4n) is 4.29. The zero-order chi connectivity index (χ0) is 31.2. The van der Waals surface area contributed by atoms with Crippen LogP contribution in [0.2, 0.25) is 0 Å². The number of nitrogens with zero attached hydrogens (tertiary/aromatic N) is 5. The van der Waals surface area contributed by atoms with Crippen molar-refractivity contribution in [2.24, 2.45) is 5.92 Å². The van der Waals surface area contributed by atoms with Gasteiger partial charge in [-0.05, 0) is 55.6 Å². The van der Waals surface area contributed by atoms with E-state index in [1.54, 1.807) is 17.0 Å². The molecule has 1 aromatic carbocycles. The number of piperazine rings is 1. The summed E-state index contributed by atoms with van der Waals surface area (Å²) >= 11 is 17.3. The first kappa shape index (κ1) is 33.5. The van der Waals surface area contributed by atoms with Crippen LogP contribution in [0.1, 0.15) is 41.0 Å². The number of carbonyl (C=O) groups excluding carboxylic acids is 3. The van der Waals surface area contributed by atoms with E-state index in [1.165, 1.54) is 7.11 Å². The Morgan fingerprint density at radius 3 is 2.17 bits per heavy atom. The highest BCUT2D eigenvalue weighted by Gasteiger charge is 2.39. The lowest BCUT2D eigenvalue weighted by atomic mass is 10.0. The number of benzene rings is 1. The average molecular weight is 649 g/mol. The van der Waals surface area contributed by atoms with Crippen LogP contribution < -0.4 is 9.80 Å². The van der Waals surface area contributed by atoms with Crippen LogP contribution >= 0.6 is 34.8 Å². The number of amides is 2. The summed E-state index contributed by atoms with van der Waals surface area (Å²) in [5, 5.41) is 7.95. The maximum atomic E-state index is 13.3. The molecule has 42 heavy (non-hydrogen) atoms. The summed E-state index contributed by atoms with van der Waals surface area (Å²) in [5.74, 6) is -0.764. The molecule has 1 fully saturated rings. The SMILES string of the molecule is COC(=O)C(CC(C)C)N(C(=O)OCC(Cl)(Cl)Cl)c1nonc1-c1ccc(N2CCN(C(=O)OC(C)(C)C)CC2)cc1. The second kappa shape index (κ2) is 14.0. The summed E-state index contributed by atoms with van der Waals surface area (Å²) in [6.45, 7) is 11.0. The van der Waals surface area contributed by atoms with Gasteiger partial charge in [0.1, 0.15) is 18.2 Å². The van der Waals surface area contributed by atoms with Crippen molar-refractivity contribution in [2.75, 3.05) is 49.7 Å². The highest BCUT2D eigenvalue weighted by molar-refractivity contribution is 6.67. The van der Waals surface area contributed by atoms with Gasteiger partial charge in [0.2, 0.25) is 9.61 Å². The molecule has 0 aliphatic carbocycles. The number of ether oxygens (including phenoxy) is 3. The Morgan fingerprint density at radius 1 is 1.02 bits per heavy atom. The normalized spacial score (nSPS) is 14.9. The smallest absolute Gasteiger partial charge is 0.416 e. The van der Waals surface area contributed by atoms with Crippen LogP contribution in [0.25, 0.3) is 11.3 Å². The lowest BCUT2D eigenvalue weighted by Gasteiger charge is -2.36. The third kappa shape index (κ3) is 9.27. The number of carbonyl (C=O) groups is 3. The van der Waals surface area contributed by atoms with Crippen molar-refractivity contribution in [3.05, 3.63) is 24.3 Å². The van der Waals surface area contributed by atoms with Gasteiger partial charge in [-0.15, -0.1) is 0 Å². The molecular formula is C27H36Cl3N5O7. The third-order valence-electron chi connectivity index (χ3n) is 6.17. The van der Waals surface area contributed by atoms with Gasteiger partial charge in [0.15, 0.2) is 5.69 Å². The minimum Gasteiger partial charge on any atom is -0.467 e. The fourth-order valence-corrected chi connectivity index (χ4v) is 4.46. The number of anilines is 2. The van der Waals surface area contributed by atoms with Crippen molar-refractivity contribution in [3.8, 4) is 11.3 Å². The molecule has 3 rings (SSSR count). The number of aromatic nitrogens is 2. The summed E-state index contributed by atoms with van der Waals surface area (Å²) in [6.07, 6.45) is -1.10. The highest BCUT2D eigenvalue weighted by atomic mass is 35.6. The Balaban J connectivity index is 1.84. The van der Waals surface area contributed by atoms with E-state index in [9.17, 15) is 14.4 Å². The number of methoxy groups -OCH3 is 1. The molecule has 0 spiro atoms. The molecule has 2 aromatic rings. The molecule has 1 aromatic heterocycles. The Hall–Kier alpha value is -2.96. The lowest BCUT2D eigenvalue weighted by molar-refractivity contribution is -0.142. The van der Waals surface area contributed by atoms with Crippen molar-refractivity contribution in [2.45, 2.75) is 56.5 Å². The molecule has 2 heterocycles. The average Bonchev–Trinajstić information content (AvgIpc) is 3.39. The standard InChI is InChI=1S/C27H36Cl3N5O7/c1-17(2)15-20(23(36)39-6)35(25(38)40-16-27(28,29)30)22-21(31-42-32-22)18-7-9-19(10-8-18)33-11-13-34(14-12-33)24(37)41-26(3,4)5/h7-10,17,20H,11-16H2,1-6H3. The van der Waals surface area contributed by atoms with Crippen LogP contribution in [0.5, 0.6) is 0 Å². The van der Waals surface area contributed by atoms with Crippen LogP contribution in [0.15, 0.2) is 28.9 Å². The molecule has 1 atom stereocenters. The maximum Gasteiger partial charge on any atom is 0.416 e. The first-order chi connectivity index (χ1) is 19.6. The van der Waals surface area contributed by atoms with Crippen LogP contribution in [0.4, 0.5) is 21.1 Å².